The van der Waals surface area contributed by atoms with Gasteiger partial charge in [-0.25, -0.2) is 0 Å². The van der Waals surface area contributed by atoms with Gasteiger partial charge in [-0.05, 0) is 42.0 Å². The van der Waals surface area contributed by atoms with E-state index in [1.807, 2.05) is 18.2 Å². The van der Waals surface area contributed by atoms with Crippen LogP contribution in [0.2, 0.25) is 0 Å². The Hall–Kier alpha value is -3.67. The Bertz CT molecular complexity index is 897. The number of rotatable bonds is 6. The zero-order chi connectivity index (χ0) is 19.1. The monoisotopic (exact) mass is 361 g/mol. The van der Waals surface area contributed by atoms with Crippen molar-refractivity contribution in [2.45, 2.75) is 6.04 Å². The van der Waals surface area contributed by atoms with Gasteiger partial charge in [0.25, 0.3) is 5.91 Å². The largest absolute Gasteiger partial charge is 0.456 e. The van der Waals surface area contributed by atoms with E-state index in [2.05, 4.69) is 15.6 Å². The van der Waals surface area contributed by atoms with Gasteiger partial charge in [0, 0.05) is 18.8 Å². The van der Waals surface area contributed by atoms with E-state index in [0.717, 1.165) is 0 Å². The highest BCUT2D eigenvalue weighted by atomic mass is 16.5. The fourth-order valence-corrected chi connectivity index (χ4v) is 2.52. The first-order valence-corrected chi connectivity index (χ1v) is 8.42. The van der Waals surface area contributed by atoms with E-state index in [1.165, 1.54) is 7.05 Å². The van der Waals surface area contributed by atoms with Gasteiger partial charge in [0.1, 0.15) is 17.5 Å². The molecule has 27 heavy (non-hydrogen) atoms. The Morgan fingerprint density at radius 1 is 0.926 bits per heavy atom. The van der Waals surface area contributed by atoms with Crippen LogP contribution in [-0.2, 0) is 4.79 Å². The van der Waals surface area contributed by atoms with E-state index in [1.54, 1.807) is 60.9 Å². The Kier molecular flexibility index (Phi) is 5.79. The molecule has 2 amide bonds. The number of hydrogen-bond acceptors (Lipinski definition) is 4. The van der Waals surface area contributed by atoms with Gasteiger partial charge in [0.05, 0.1) is 6.20 Å². The summed E-state index contributed by atoms with van der Waals surface area (Å²) in [5.41, 5.74) is 1.14. The van der Waals surface area contributed by atoms with Crippen LogP contribution in [0.1, 0.15) is 22.0 Å². The molecule has 0 radical (unpaired) electrons. The minimum atomic E-state index is -0.769. The lowest BCUT2D eigenvalue weighted by Gasteiger charge is -2.18. The van der Waals surface area contributed by atoms with Crippen LogP contribution in [-0.4, -0.2) is 23.8 Å². The van der Waals surface area contributed by atoms with Crippen LogP contribution < -0.4 is 15.4 Å². The maximum absolute atomic E-state index is 12.6. The van der Waals surface area contributed by atoms with Gasteiger partial charge in [0.2, 0.25) is 5.91 Å². The lowest BCUT2D eigenvalue weighted by molar-refractivity contribution is -0.122. The summed E-state index contributed by atoms with van der Waals surface area (Å²) in [6.45, 7) is 0. The first kappa shape index (κ1) is 18.1. The molecule has 0 fully saturated rings. The van der Waals surface area contributed by atoms with Gasteiger partial charge in [-0.1, -0.05) is 30.3 Å². The number of ether oxygens (including phenoxy) is 1. The molecule has 6 nitrogen and oxygen atoms in total. The number of aromatic nitrogens is 1. The van der Waals surface area contributed by atoms with E-state index in [-0.39, 0.29) is 11.8 Å². The van der Waals surface area contributed by atoms with Crippen molar-refractivity contribution in [1.29, 1.82) is 0 Å². The van der Waals surface area contributed by atoms with Crippen molar-refractivity contribution in [2.75, 3.05) is 7.05 Å². The normalized spacial score (nSPS) is 11.3. The van der Waals surface area contributed by atoms with Gasteiger partial charge in [0.15, 0.2) is 0 Å². The number of amides is 2. The summed E-state index contributed by atoms with van der Waals surface area (Å²) < 4.78 is 5.66. The average molecular weight is 361 g/mol. The summed E-state index contributed by atoms with van der Waals surface area (Å²) in [5, 5.41) is 5.34. The van der Waals surface area contributed by atoms with E-state index >= 15 is 0 Å². The molecule has 0 spiro atoms. The summed E-state index contributed by atoms with van der Waals surface area (Å²) in [6, 6.07) is 18.6. The standard InChI is InChI=1S/C21H19N3O3/c1-22-21(26)19(15-6-3-2-4-7-15)24-20(25)16-9-11-17(12-10-16)27-18-8-5-13-23-14-18/h2-14,19H,1H3,(H,22,26)(H,24,25). The molecular formula is C21H19N3O3. The Morgan fingerprint density at radius 2 is 1.67 bits per heavy atom. The van der Waals surface area contributed by atoms with E-state index in [0.29, 0.717) is 22.6 Å². The summed E-state index contributed by atoms with van der Waals surface area (Å²) in [5.74, 6) is 0.565. The molecule has 6 heteroatoms. The molecular weight excluding hydrogens is 342 g/mol. The first-order valence-electron chi connectivity index (χ1n) is 8.42. The van der Waals surface area contributed by atoms with Gasteiger partial charge < -0.3 is 15.4 Å². The van der Waals surface area contributed by atoms with Crippen molar-refractivity contribution >= 4 is 11.8 Å². The molecule has 1 aromatic heterocycles. The smallest absolute Gasteiger partial charge is 0.252 e. The molecule has 0 aliphatic heterocycles. The molecule has 3 rings (SSSR count). The molecule has 1 heterocycles. The molecule has 0 saturated heterocycles. The fraction of sp³-hybridized carbons (Fsp3) is 0.0952. The Morgan fingerprint density at radius 3 is 2.30 bits per heavy atom. The van der Waals surface area contributed by atoms with Crippen molar-refractivity contribution < 1.29 is 14.3 Å². The highest BCUT2D eigenvalue weighted by Gasteiger charge is 2.22. The minimum Gasteiger partial charge on any atom is -0.456 e. The number of pyridine rings is 1. The number of nitrogens with zero attached hydrogens (tertiary/aromatic N) is 1. The minimum absolute atomic E-state index is 0.286. The molecule has 3 aromatic rings. The van der Waals surface area contributed by atoms with Gasteiger partial charge in [-0.2, -0.15) is 0 Å². The number of carbonyl (C=O) groups is 2. The molecule has 0 aliphatic rings. The van der Waals surface area contributed by atoms with E-state index in [4.69, 9.17) is 4.74 Å². The van der Waals surface area contributed by atoms with Crippen LogP contribution in [0.15, 0.2) is 79.1 Å². The second-order valence-electron chi connectivity index (χ2n) is 5.75. The number of nitrogens with one attached hydrogen (secondary N) is 2. The zero-order valence-electron chi connectivity index (χ0n) is 14.8. The van der Waals surface area contributed by atoms with Crippen LogP contribution in [0.5, 0.6) is 11.5 Å². The number of benzene rings is 2. The number of likely N-dealkylation sites (N-methyl/N-ethyl adjacent to an activating group) is 1. The second kappa shape index (κ2) is 8.62. The Labute approximate surface area is 157 Å². The Balaban J connectivity index is 1.71. The summed E-state index contributed by atoms with van der Waals surface area (Å²) in [4.78, 5) is 28.7. The summed E-state index contributed by atoms with van der Waals surface area (Å²) in [6.07, 6.45) is 3.27. The number of carbonyl (C=O) groups excluding carboxylic acids is 2. The maximum atomic E-state index is 12.6. The van der Waals surface area contributed by atoms with E-state index in [9.17, 15) is 9.59 Å². The molecule has 2 aromatic carbocycles. The molecule has 0 bridgehead atoms. The topological polar surface area (TPSA) is 80.3 Å². The van der Waals surface area contributed by atoms with Crippen molar-refractivity contribution in [3.8, 4) is 11.5 Å². The average Bonchev–Trinajstić information content (AvgIpc) is 2.73. The van der Waals surface area contributed by atoms with Gasteiger partial charge in [-0.15, -0.1) is 0 Å². The first-order chi connectivity index (χ1) is 13.2. The third-order valence-electron chi connectivity index (χ3n) is 3.90. The van der Waals surface area contributed by atoms with Gasteiger partial charge >= 0.3 is 0 Å². The lowest BCUT2D eigenvalue weighted by Crippen LogP contribution is -2.39. The van der Waals surface area contributed by atoms with Crippen molar-refractivity contribution in [3.63, 3.8) is 0 Å². The summed E-state index contributed by atoms with van der Waals surface area (Å²) >= 11 is 0. The highest BCUT2D eigenvalue weighted by molar-refractivity contribution is 5.97. The third kappa shape index (κ3) is 4.70. The van der Waals surface area contributed by atoms with Crippen molar-refractivity contribution in [1.82, 2.24) is 15.6 Å². The second-order valence-corrected chi connectivity index (χ2v) is 5.75. The van der Waals surface area contributed by atoms with Crippen molar-refractivity contribution in [3.05, 3.63) is 90.3 Å². The fourth-order valence-electron chi connectivity index (χ4n) is 2.52. The molecule has 136 valence electrons. The van der Waals surface area contributed by atoms with Crippen LogP contribution in [0.25, 0.3) is 0 Å². The van der Waals surface area contributed by atoms with Crippen LogP contribution in [0, 0.1) is 0 Å². The number of hydrogen-bond donors (Lipinski definition) is 2. The quantitative estimate of drug-likeness (QED) is 0.707. The third-order valence-corrected chi connectivity index (χ3v) is 3.90. The predicted molar refractivity (Wildman–Crippen MR) is 101 cm³/mol. The van der Waals surface area contributed by atoms with Crippen LogP contribution in [0.3, 0.4) is 0 Å². The van der Waals surface area contributed by atoms with Gasteiger partial charge in [-0.3, -0.25) is 14.6 Å². The van der Waals surface area contributed by atoms with Crippen LogP contribution in [0.4, 0.5) is 0 Å². The zero-order valence-corrected chi connectivity index (χ0v) is 14.8. The molecule has 1 unspecified atom stereocenters. The maximum Gasteiger partial charge on any atom is 0.252 e. The van der Waals surface area contributed by atoms with Crippen molar-refractivity contribution in [2.24, 2.45) is 0 Å². The molecule has 0 aliphatic carbocycles. The molecule has 0 saturated carbocycles. The summed E-state index contributed by atoms with van der Waals surface area (Å²) in [7, 11) is 1.54. The molecule has 1 atom stereocenters. The van der Waals surface area contributed by atoms with Crippen LogP contribution >= 0.6 is 0 Å². The molecule has 2 N–H and O–H groups in total. The SMILES string of the molecule is CNC(=O)C(NC(=O)c1ccc(Oc2cccnc2)cc1)c1ccccc1. The lowest BCUT2D eigenvalue weighted by atomic mass is 10.1. The highest BCUT2D eigenvalue weighted by Crippen LogP contribution is 2.21. The van der Waals surface area contributed by atoms with E-state index < -0.39 is 6.04 Å². The predicted octanol–water partition coefficient (Wildman–Crippen LogP) is 3.09.